The molecule has 2 unspecified atom stereocenters. The Kier molecular flexibility index (Phi) is 8.76. The van der Waals surface area contributed by atoms with Crippen molar-refractivity contribution in [1.82, 2.24) is 4.90 Å². The summed E-state index contributed by atoms with van der Waals surface area (Å²) in [5.74, 6) is 2.32. The number of rotatable bonds is 4. The molecular weight excluding hydrogens is 630 g/mol. The quantitative estimate of drug-likeness (QED) is 0.150. The minimum atomic E-state index is -0.831. The van der Waals surface area contributed by atoms with Gasteiger partial charge in [0.05, 0.1) is 24.1 Å². The molecule has 5 aliphatic carbocycles. The highest BCUT2D eigenvalue weighted by Gasteiger charge is 2.59. The van der Waals surface area contributed by atoms with Crippen LogP contribution in [0, 0.1) is 41.4 Å². The molecule has 264 valence electrons. The maximum atomic E-state index is 13.1. The maximum Gasteiger partial charge on any atom is 0.417 e. The third-order valence-corrected chi connectivity index (χ3v) is 11.9. The first-order chi connectivity index (χ1) is 23.3. The van der Waals surface area contributed by atoms with Crippen LogP contribution in [0.3, 0.4) is 0 Å². The molecule has 0 spiro atoms. The van der Waals surface area contributed by atoms with E-state index in [-0.39, 0.29) is 29.6 Å². The van der Waals surface area contributed by atoms with Crippen LogP contribution in [0.2, 0.25) is 0 Å². The van der Waals surface area contributed by atoms with E-state index in [9.17, 15) is 24.0 Å². The van der Waals surface area contributed by atoms with Gasteiger partial charge in [0.15, 0.2) is 5.78 Å². The number of ketones is 1. The Morgan fingerprint density at radius 2 is 1.33 bits per heavy atom. The number of amides is 2. The Hall–Kier alpha value is -3.89. The summed E-state index contributed by atoms with van der Waals surface area (Å²) in [5.41, 5.74) is 1.65. The molecule has 8 rings (SSSR count). The fraction of sp³-hybridized carbons (Fsp3) is 0.658. The standard InChI is InChI=1S/C21H27NO6.C17H20O4/c1-11-8-16(27-19(11)24)26-10-15-14-9-12-6-5-7-13(12)17(14)22(18(15)23)20(25)28-21(2,3)4;1-9-5-16(21-17(9)19)20-8-14-12-6-10-3-2-4-11(10)13(12)7-15(14)18/h8,10,12-14,16-17H,5-7,9H2,1-4H3;5,8,10-13,16H,2-4,6-7H2,1H3/b15-10+;14-8+/t12-,13-,14+,16?,17+;10-,11-,12-,13+,16?/m00/s1. The van der Waals surface area contributed by atoms with Crippen LogP contribution in [0.4, 0.5) is 4.79 Å². The average Bonchev–Trinajstić information content (AvgIpc) is 3.87. The number of hydrogen-bond acceptors (Lipinski definition) is 10. The molecular formula is C38H47NO10. The Labute approximate surface area is 287 Å². The van der Waals surface area contributed by atoms with Crippen molar-refractivity contribution >= 4 is 29.7 Å². The smallest absolute Gasteiger partial charge is 0.417 e. The predicted molar refractivity (Wildman–Crippen MR) is 173 cm³/mol. The summed E-state index contributed by atoms with van der Waals surface area (Å²) >= 11 is 0. The van der Waals surface area contributed by atoms with Gasteiger partial charge in [-0.1, -0.05) is 25.7 Å². The van der Waals surface area contributed by atoms with E-state index < -0.39 is 30.2 Å². The van der Waals surface area contributed by atoms with E-state index in [1.807, 2.05) is 0 Å². The summed E-state index contributed by atoms with van der Waals surface area (Å²) in [6.07, 6.45) is 14.0. The van der Waals surface area contributed by atoms with Crippen LogP contribution in [0.1, 0.15) is 92.4 Å². The largest absolute Gasteiger partial charge is 0.458 e. The number of ether oxygens (including phenoxy) is 5. The normalized spacial score (nSPS) is 38.8. The van der Waals surface area contributed by atoms with Crippen LogP contribution in [-0.2, 0) is 42.9 Å². The number of Topliss-reactive ketones (excluding diaryl/α,β-unsaturated/α-hetero) is 1. The number of fused-ring (bicyclic) bond motifs is 6. The molecule has 8 aliphatic rings. The molecule has 2 amide bonds. The molecule has 5 saturated carbocycles. The van der Waals surface area contributed by atoms with Crippen LogP contribution in [-0.4, -0.2) is 58.8 Å². The molecule has 0 aromatic heterocycles. The van der Waals surface area contributed by atoms with E-state index in [2.05, 4.69) is 0 Å². The zero-order valence-electron chi connectivity index (χ0n) is 29.0. The number of hydrogen-bond donors (Lipinski definition) is 0. The number of nitrogens with zero attached hydrogens (tertiary/aromatic N) is 1. The summed E-state index contributed by atoms with van der Waals surface area (Å²) in [4.78, 5) is 62.3. The second-order valence-electron chi connectivity index (χ2n) is 16.0. The van der Waals surface area contributed by atoms with Gasteiger partial charge in [-0.15, -0.1) is 0 Å². The first-order valence-corrected chi connectivity index (χ1v) is 17.9. The van der Waals surface area contributed by atoms with Gasteiger partial charge in [-0.3, -0.25) is 9.59 Å². The first kappa shape index (κ1) is 33.6. The van der Waals surface area contributed by atoms with E-state index in [0.29, 0.717) is 46.8 Å². The number of likely N-dealkylation sites (tertiary alicyclic amines) is 1. The fourth-order valence-electron chi connectivity index (χ4n) is 9.83. The van der Waals surface area contributed by atoms with Crippen molar-refractivity contribution in [2.24, 2.45) is 41.4 Å². The number of esters is 2. The zero-order valence-corrected chi connectivity index (χ0v) is 29.0. The second kappa shape index (κ2) is 12.8. The predicted octanol–water partition coefficient (Wildman–Crippen LogP) is 6.04. The number of cyclic esters (lactones) is 2. The van der Waals surface area contributed by atoms with Gasteiger partial charge in [-0.2, -0.15) is 0 Å². The second-order valence-corrected chi connectivity index (χ2v) is 16.0. The van der Waals surface area contributed by atoms with Gasteiger partial charge in [0.25, 0.3) is 18.5 Å². The molecule has 10 atom stereocenters. The monoisotopic (exact) mass is 677 g/mol. The topological polar surface area (TPSA) is 135 Å². The minimum absolute atomic E-state index is 0.0579. The van der Waals surface area contributed by atoms with Crippen molar-refractivity contribution in [2.45, 2.75) is 117 Å². The number of imide groups is 1. The Balaban J connectivity index is 0.000000160. The van der Waals surface area contributed by atoms with Crippen molar-refractivity contribution in [3.63, 3.8) is 0 Å². The Morgan fingerprint density at radius 1 is 0.776 bits per heavy atom. The van der Waals surface area contributed by atoms with Gasteiger partial charge in [0, 0.05) is 41.2 Å². The van der Waals surface area contributed by atoms with Crippen LogP contribution in [0.15, 0.2) is 47.0 Å². The SMILES string of the molecule is CC1=CC(O/C=C2/C(=O)C[C@@H]3[C@H]4CCC[C@H]4C[C@H]23)OC1=O.CC1=CC(O/C=C2/C(=O)N(C(=O)OC(C)(C)C)[C@@H]3[C@H]4CCC[C@H]4C[C@H]23)OC1=O. The highest BCUT2D eigenvalue weighted by atomic mass is 16.7. The highest BCUT2D eigenvalue weighted by molar-refractivity contribution is 6.06. The lowest BCUT2D eigenvalue weighted by atomic mass is 9.89. The summed E-state index contributed by atoms with van der Waals surface area (Å²) in [6, 6.07) is -0.173. The molecule has 3 aliphatic heterocycles. The number of carbonyl (C=O) groups is 5. The van der Waals surface area contributed by atoms with E-state index in [1.165, 1.54) is 30.4 Å². The Bertz CT molecular complexity index is 1560. The summed E-state index contributed by atoms with van der Waals surface area (Å²) < 4.78 is 26.7. The number of allylic oxidation sites excluding steroid dienone is 1. The first-order valence-electron chi connectivity index (χ1n) is 17.9. The molecule has 11 heteroatoms. The molecule has 0 bridgehead atoms. The lowest BCUT2D eigenvalue weighted by Crippen LogP contribution is -2.45. The van der Waals surface area contributed by atoms with Crippen molar-refractivity contribution in [3.8, 4) is 0 Å². The van der Waals surface area contributed by atoms with Gasteiger partial charge in [0.1, 0.15) is 5.60 Å². The molecule has 1 saturated heterocycles. The van der Waals surface area contributed by atoms with Gasteiger partial charge >= 0.3 is 18.0 Å². The molecule has 49 heavy (non-hydrogen) atoms. The average molecular weight is 678 g/mol. The van der Waals surface area contributed by atoms with Crippen LogP contribution >= 0.6 is 0 Å². The Morgan fingerprint density at radius 3 is 1.90 bits per heavy atom. The van der Waals surface area contributed by atoms with E-state index >= 15 is 0 Å². The van der Waals surface area contributed by atoms with Crippen molar-refractivity contribution < 1.29 is 47.7 Å². The fourth-order valence-corrected chi connectivity index (χ4v) is 9.83. The molecule has 6 fully saturated rings. The van der Waals surface area contributed by atoms with E-state index in [1.54, 1.807) is 53.0 Å². The lowest BCUT2D eigenvalue weighted by Gasteiger charge is -2.29. The maximum absolute atomic E-state index is 13.1. The van der Waals surface area contributed by atoms with Gasteiger partial charge in [-0.25, -0.2) is 19.3 Å². The van der Waals surface area contributed by atoms with E-state index in [0.717, 1.165) is 49.5 Å². The number of carbonyl (C=O) groups excluding carboxylic acids is 5. The molecule has 0 aromatic rings. The van der Waals surface area contributed by atoms with Gasteiger partial charge in [0.2, 0.25) is 0 Å². The minimum Gasteiger partial charge on any atom is -0.458 e. The third-order valence-electron chi connectivity index (χ3n) is 11.9. The third kappa shape index (κ3) is 6.34. The van der Waals surface area contributed by atoms with Crippen LogP contribution < -0.4 is 0 Å². The lowest BCUT2D eigenvalue weighted by molar-refractivity contribution is -0.153. The zero-order chi connectivity index (χ0) is 34.8. The van der Waals surface area contributed by atoms with Gasteiger partial charge in [-0.05, 0) is 95.8 Å². The highest BCUT2D eigenvalue weighted by Crippen LogP contribution is 2.57. The van der Waals surface area contributed by atoms with Crippen molar-refractivity contribution in [3.05, 3.63) is 47.0 Å². The summed E-state index contributed by atoms with van der Waals surface area (Å²) in [7, 11) is 0. The molecule has 3 heterocycles. The molecule has 0 aromatic carbocycles. The van der Waals surface area contributed by atoms with Gasteiger partial charge < -0.3 is 23.7 Å². The van der Waals surface area contributed by atoms with Crippen molar-refractivity contribution in [1.29, 1.82) is 0 Å². The summed E-state index contributed by atoms with van der Waals surface area (Å²) in [5, 5.41) is 0. The molecule has 0 N–H and O–H groups in total. The summed E-state index contributed by atoms with van der Waals surface area (Å²) in [6.45, 7) is 8.72. The van der Waals surface area contributed by atoms with Crippen LogP contribution in [0.5, 0.6) is 0 Å². The molecule has 11 nitrogen and oxygen atoms in total. The molecule has 0 radical (unpaired) electrons. The van der Waals surface area contributed by atoms with Crippen molar-refractivity contribution in [2.75, 3.05) is 0 Å². The van der Waals surface area contributed by atoms with E-state index in [4.69, 9.17) is 23.7 Å². The van der Waals surface area contributed by atoms with Crippen LogP contribution in [0.25, 0.3) is 0 Å².